The van der Waals surface area contributed by atoms with E-state index in [1.807, 2.05) is 18.2 Å². The molecular formula is C12H11N5O2. The zero-order valence-corrected chi connectivity index (χ0v) is 10.1. The largest absolute Gasteiger partial charge is 0.472 e. The van der Waals surface area contributed by atoms with Crippen molar-refractivity contribution >= 4 is 17.5 Å². The van der Waals surface area contributed by atoms with E-state index in [1.54, 1.807) is 30.3 Å². The van der Waals surface area contributed by atoms with Crippen molar-refractivity contribution in [2.75, 3.05) is 12.4 Å². The number of rotatable bonds is 2. The van der Waals surface area contributed by atoms with Gasteiger partial charge in [0.25, 0.3) is 0 Å². The summed E-state index contributed by atoms with van der Waals surface area (Å²) in [5.41, 5.74) is 2.31. The Hall–Kier alpha value is -2.83. The van der Waals surface area contributed by atoms with E-state index < -0.39 is 0 Å². The Morgan fingerprint density at radius 3 is 3.00 bits per heavy atom. The van der Waals surface area contributed by atoms with Gasteiger partial charge < -0.3 is 9.73 Å². The van der Waals surface area contributed by atoms with Crippen molar-refractivity contribution in [2.24, 2.45) is 0 Å². The van der Waals surface area contributed by atoms with Gasteiger partial charge in [-0.05, 0) is 18.2 Å². The molecule has 0 fully saturated rings. The fourth-order valence-electron chi connectivity index (χ4n) is 1.69. The lowest BCUT2D eigenvalue weighted by Crippen LogP contribution is -2.24. The van der Waals surface area contributed by atoms with E-state index in [4.69, 9.17) is 4.42 Å². The lowest BCUT2D eigenvalue weighted by molar-refractivity contribution is 0.254. The summed E-state index contributed by atoms with van der Waals surface area (Å²) in [6.45, 7) is 0. The summed E-state index contributed by atoms with van der Waals surface area (Å²) in [6.07, 6.45) is 4.86. The maximum Gasteiger partial charge on any atom is 0.320 e. The van der Waals surface area contributed by atoms with Gasteiger partial charge in [-0.1, -0.05) is 0 Å². The molecule has 0 bridgehead atoms. The first-order chi connectivity index (χ1) is 9.26. The van der Waals surface area contributed by atoms with E-state index in [9.17, 15) is 4.79 Å². The molecule has 0 saturated carbocycles. The van der Waals surface area contributed by atoms with Crippen LogP contribution < -0.4 is 10.6 Å². The molecule has 3 aromatic rings. The second-order valence-electron chi connectivity index (χ2n) is 3.86. The molecule has 3 rings (SSSR count). The highest BCUT2D eigenvalue weighted by atomic mass is 16.3. The summed E-state index contributed by atoms with van der Waals surface area (Å²) in [5.74, 6) is 0.441. The first kappa shape index (κ1) is 11.3. The number of nitrogens with zero attached hydrogens (tertiary/aromatic N) is 3. The summed E-state index contributed by atoms with van der Waals surface area (Å²) < 4.78 is 6.63. The van der Waals surface area contributed by atoms with Crippen LogP contribution in [0.2, 0.25) is 0 Å². The minimum Gasteiger partial charge on any atom is -0.472 e. The van der Waals surface area contributed by atoms with Crippen LogP contribution >= 0.6 is 0 Å². The van der Waals surface area contributed by atoms with E-state index in [0.717, 1.165) is 11.3 Å². The van der Waals surface area contributed by atoms with Gasteiger partial charge >= 0.3 is 6.03 Å². The van der Waals surface area contributed by atoms with E-state index in [1.165, 1.54) is 0 Å². The molecule has 0 aliphatic carbocycles. The van der Waals surface area contributed by atoms with E-state index in [-0.39, 0.29) is 6.03 Å². The number of aromatic nitrogens is 3. The van der Waals surface area contributed by atoms with Crippen LogP contribution in [0, 0.1) is 0 Å². The van der Waals surface area contributed by atoms with Gasteiger partial charge in [-0.3, -0.25) is 5.32 Å². The summed E-state index contributed by atoms with van der Waals surface area (Å²) >= 11 is 0. The van der Waals surface area contributed by atoms with Crippen LogP contribution in [0.3, 0.4) is 0 Å². The van der Waals surface area contributed by atoms with Crippen molar-refractivity contribution in [1.82, 2.24) is 19.9 Å². The molecule has 0 radical (unpaired) electrons. The molecule has 0 aliphatic rings. The molecular weight excluding hydrogens is 246 g/mol. The van der Waals surface area contributed by atoms with E-state index >= 15 is 0 Å². The molecule has 96 valence electrons. The van der Waals surface area contributed by atoms with Gasteiger partial charge in [-0.2, -0.15) is 5.10 Å². The number of urea groups is 1. The SMILES string of the molecule is CNC(=O)Nc1cn2nc(-c3ccoc3)ccc2n1. The molecule has 0 aliphatic heterocycles. The number of nitrogens with one attached hydrogen (secondary N) is 2. The molecule has 0 spiro atoms. The molecule has 2 N–H and O–H groups in total. The highest BCUT2D eigenvalue weighted by Gasteiger charge is 2.07. The lowest BCUT2D eigenvalue weighted by Gasteiger charge is -1.97. The maximum absolute atomic E-state index is 11.2. The predicted molar refractivity (Wildman–Crippen MR) is 68.8 cm³/mol. The number of anilines is 1. The minimum absolute atomic E-state index is 0.321. The number of amides is 2. The fraction of sp³-hybridized carbons (Fsp3) is 0.0833. The summed E-state index contributed by atoms with van der Waals surface area (Å²) in [6, 6.07) is 5.18. The monoisotopic (exact) mass is 257 g/mol. The second-order valence-corrected chi connectivity index (χ2v) is 3.86. The quantitative estimate of drug-likeness (QED) is 0.732. The van der Waals surface area contributed by atoms with Gasteiger partial charge in [-0.25, -0.2) is 14.3 Å². The molecule has 0 unspecified atom stereocenters. The molecule has 0 aromatic carbocycles. The highest BCUT2D eigenvalue weighted by molar-refractivity contribution is 5.88. The van der Waals surface area contributed by atoms with Gasteiger partial charge in [-0.15, -0.1) is 0 Å². The number of carbonyl (C=O) groups excluding carboxylic acids is 1. The van der Waals surface area contributed by atoms with Crippen LogP contribution in [-0.4, -0.2) is 27.7 Å². The second kappa shape index (κ2) is 4.45. The molecule has 2 amide bonds. The van der Waals surface area contributed by atoms with Crippen molar-refractivity contribution in [1.29, 1.82) is 0 Å². The predicted octanol–water partition coefficient (Wildman–Crippen LogP) is 1.74. The first-order valence-corrected chi connectivity index (χ1v) is 5.64. The molecule has 3 aromatic heterocycles. The molecule has 7 nitrogen and oxygen atoms in total. The Morgan fingerprint density at radius 2 is 2.26 bits per heavy atom. The van der Waals surface area contributed by atoms with Crippen molar-refractivity contribution in [3.63, 3.8) is 0 Å². The number of imidazole rings is 1. The van der Waals surface area contributed by atoms with Crippen LogP contribution in [0.4, 0.5) is 10.6 Å². The Labute approximate surface area is 108 Å². The minimum atomic E-state index is -0.321. The summed E-state index contributed by atoms with van der Waals surface area (Å²) in [4.78, 5) is 15.4. The lowest BCUT2D eigenvalue weighted by atomic mass is 10.2. The highest BCUT2D eigenvalue weighted by Crippen LogP contribution is 2.18. The van der Waals surface area contributed by atoms with Crippen molar-refractivity contribution in [3.8, 4) is 11.3 Å². The van der Waals surface area contributed by atoms with Crippen LogP contribution in [0.25, 0.3) is 16.9 Å². The smallest absolute Gasteiger partial charge is 0.320 e. The van der Waals surface area contributed by atoms with Gasteiger partial charge in [0.1, 0.15) is 0 Å². The third-order valence-electron chi connectivity index (χ3n) is 2.61. The third-order valence-corrected chi connectivity index (χ3v) is 2.61. The Kier molecular flexibility index (Phi) is 2.64. The maximum atomic E-state index is 11.2. The van der Waals surface area contributed by atoms with Crippen LogP contribution in [0.15, 0.2) is 41.3 Å². The first-order valence-electron chi connectivity index (χ1n) is 5.64. The van der Waals surface area contributed by atoms with Gasteiger partial charge in [0, 0.05) is 12.6 Å². The molecule has 3 heterocycles. The Bertz CT molecular complexity index is 717. The summed E-state index contributed by atoms with van der Waals surface area (Å²) in [5, 5.41) is 9.45. The zero-order valence-electron chi connectivity index (χ0n) is 10.1. The van der Waals surface area contributed by atoms with Crippen molar-refractivity contribution < 1.29 is 9.21 Å². The number of hydrogen-bond donors (Lipinski definition) is 2. The van der Waals surface area contributed by atoms with Gasteiger partial charge in [0.15, 0.2) is 11.5 Å². The standard InChI is InChI=1S/C12H11N5O2/c1-13-12(18)15-10-6-17-11(14-10)3-2-9(16-17)8-4-5-19-7-8/h2-7H,1H3,(H2,13,15,18). The van der Waals surface area contributed by atoms with Crippen LogP contribution in [0.5, 0.6) is 0 Å². The van der Waals surface area contributed by atoms with E-state index in [2.05, 4.69) is 20.7 Å². The average Bonchev–Trinajstić information content (AvgIpc) is 3.06. The molecule has 7 heteroatoms. The Balaban J connectivity index is 1.97. The summed E-state index contributed by atoms with van der Waals surface area (Å²) in [7, 11) is 1.54. The Morgan fingerprint density at radius 1 is 1.37 bits per heavy atom. The number of fused-ring (bicyclic) bond motifs is 1. The number of hydrogen-bond acceptors (Lipinski definition) is 4. The normalized spacial score (nSPS) is 10.6. The molecule has 19 heavy (non-hydrogen) atoms. The topological polar surface area (TPSA) is 84.5 Å². The van der Waals surface area contributed by atoms with Gasteiger partial charge in [0.05, 0.1) is 24.4 Å². The van der Waals surface area contributed by atoms with Crippen molar-refractivity contribution in [2.45, 2.75) is 0 Å². The molecule has 0 saturated heterocycles. The number of furan rings is 1. The third kappa shape index (κ3) is 2.13. The zero-order chi connectivity index (χ0) is 13.2. The average molecular weight is 257 g/mol. The van der Waals surface area contributed by atoms with Gasteiger partial charge in [0.2, 0.25) is 0 Å². The molecule has 0 atom stereocenters. The van der Waals surface area contributed by atoms with E-state index in [0.29, 0.717) is 11.5 Å². The fourth-order valence-corrected chi connectivity index (χ4v) is 1.69. The number of carbonyl (C=O) groups is 1. The van der Waals surface area contributed by atoms with Crippen LogP contribution in [0.1, 0.15) is 0 Å². The van der Waals surface area contributed by atoms with Crippen molar-refractivity contribution in [3.05, 3.63) is 36.9 Å². The van der Waals surface area contributed by atoms with Crippen LogP contribution in [-0.2, 0) is 0 Å².